The molecule has 0 spiro atoms. The van der Waals surface area contributed by atoms with Crippen LogP contribution in [0.25, 0.3) is 0 Å². The van der Waals surface area contributed by atoms with E-state index in [1.165, 1.54) is 13.3 Å². The number of ether oxygens (including phenoxy) is 1. The Morgan fingerprint density at radius 2 is 2.11 bits per heavy atom. The Kier molecular flexibility index (Phi) is 4.48. The van der Waals surface area contributed by atoms with Crippen molar-refractivity contribution < 1.29 is 19.7 Å². The minimum atomic E-state index is -1.20. The van der Waals surface area contributed by atoms with Crippen LogP contribution in [0, 0.1) is 0 Å². The molecule has 6 heteroatoms. The largest absolute Gasteiger partial charge is 0.469 e. The predicted molar refractivity (Wildman–Crippen MR) is 64.8 cm³/mol. The lowest BCUT2D eigenvalue weighted by atomic mass is 10.1. The van der Waals surface area contributed by atoms with Crippen LogP contribution >= 0.6 is 0 Å². The molecule has 1 heterocycles. The van der Waals surface area contributed by atoms with Crippen molar-refractivity contribution in [3.05, 3.63) is 18.0 Å². The Labute approximate surface area is 106 Å². The Hall–Kier alpha value is -1.40. The van der Waals surface area contributed by atoms with Gasteiger partial charge in [-0.05, 0) is 20.8 Å². The van der Waals surface area contributed by atoms with Gasteiger partial charge in [0.25, 0.3) is 0 Å². The number of aliphatic hydroxyl groups excluding tert-OH is 2. The highest BCUT2D eigenvalue weighted by Gasteiger charge is 2.24. The van der Waals surface area contributed by atoms with E-state index < -0.39 is 18.2 Å². The molecule has 0 bridgehead atoms. The Morgan fingerprint density at radius 3 is 2.56 bits per heavy atom. The number of rotatable bonds is 4. The number of nitrogens with zero attached hydrogens (tertiary/aromatic N) is 2. The van der Waals surface area contributed by atoms with Crippen LogP contribution in [0.5, 0.6) is 0 Å². The number of carbonyl (C=O) groups is 1. The number of esters is 1. The molecule has 0 aliphatic rings. The highest BCUT2D eigenvalue weighted by atomic mass is 16.5. The van der Waals surface area contributed by atoms with Gasteiger partial charge in [-0.3, -0.25) is 9.48 Å². The van der Waals surface area contributed by atoms with Crippen LogP contribution < -0.4 is 0 Å². The zero-order valence-corrected chi connectivity index (χ0v) is 11.1. The molecule has 2 N–H and O–H groups in total. The zero-order valence-electron chi connectivity index (χ0n) is 11.1. The highest BCUT2D eigenvalue weighted by molar-refractivity contribution is 5.69. The molecule has 0 aliphatic heterocycles. The number of carbonyl (C=O) groups excluding carboxylic acids is 1. The maximum Gasteiger partial charge on any atom is 0.308 e. The van der Waals surface area contributed by atoms with Crippen LogP contribution in [0.3, 0.4) is 0 Å². The lowest BCUT2D eigenvalue weighted by molar-refractivity contribution is -0.144. The Bertz CT molecular complexity index is 408. The van der Waals surface area contributed by atoms with Gasteiger partial charge < -0.3 is 14.9 Å². The van der Waals surface area contributed by atoms with E-state index in [2.05, 4.69) is 9.84 Å². The van der Waals surface area contributed by atoms with Crippen LogP contribution in [0.1, 0.15) is 38.9 Å². The van der Waals surface area contributed by atoms with Crippen LogP contribution in [0.4, 0.5) is 0 Å². The first-order valence-electron chi connectivity index (χ1n) is 5.73. The molecule has 0 saturated heterocycles. The monoisotopic (exact) mass is 256 g/mol. The summed E-state index contributed by atoms with van der Waals surface area (Å²) in [6, 6.07) is 0. The van der Waals surface area contributed by atoms with Crippen molar-refractivity contribution in [2.45, 2.75) is 44.9 Å². The highest BCUT2D eigenvalue weighted by Crippen LogP contribution is 2.21. The van der Waals surface area contributed by atoms with Crippen molar-refractivity contribution in [3.8, 4) is 0 Å². The molecule has 0 radical (unpaired) electrons. The maximum absolute atomic E-state index is 11.0. The molecule has 0 fully saturated rings. The first-order chi connectivity index (χ1) is 8.25. The zero-order chi connectivity index (χ0) is 13.9. The number of methoxy groups -OCH3 is 1. The van der Waals surface area contributed by atoms with Gasteiger partial charge in [-0.1, -0.05) is 0 Å². The Balaban J connectivity index is 2.75. The lowest BCUT2D eigenvalue weighted by Crippen LogP contribution is -2.23. The standard InChI is InChI=1S/C12H20N2O4/c1-12(2,3)14-7-8(6-13-14)11(17)9(15)5-10(16)18-4/h6-7,9,11,15,17H,5H2,1-4H3. The maximum atomic E-state index is 11.0. The van der Waals surface area contributed by atoms with Crippen molar-refractivity contribution in [2.24, 2.45) is 0 Å². The molecule has 6 nitrogen and oxygen atoms in total. The summed E-state index contributed by atoms with van der Waals surface area (Å²) in [7, 11) is 1.24. The SMILES string of the molecule is COC(=O)CC(O)C(O)c1cnn(C(C)(C)C)c1. The van der Waals surface area contributed by atoms with Crippen molar-refractivity contribution in [1.29, 1.82) is 0 Å². The van der Waals surface area contributed by atoms with Crippen molar-refractivity contribution in [3.63, 3.8) is 0 Å². The molecule has 2 unspecified atom stereocenters. The summed E-state index contributed by atoms with van der Waals surface area (Å²) in [6.07, 6.45) is 0.537. The number of hydrogen-bond acceptors (Lipinski definition) is 5. The third kappa shape index (κ3) is 3.54. The summed E-state index contributed by atoms with van der Waals surface area (Å²) in [4.78, 5) is 11.0. The van der Waals surface area contributed by atoms with Gasteiger partial charge in [0.1, 0.15) is 6.10 Å². The summed E-state index contributed by atoms with van der Waals surface area (Å²) < 4.78 is 6.13. The van der Waals surface area contributed by atoms with Gasteiger partial charge in [-0.15, -0.1) is 0 Å². The van der Waals surface area contributed by atoms with Gasteiger partial charge >= 0.3 is 5.97 Å². The first kappa shape index (κ1) is 14.7. The van der Waals surface area contributed by atoms with Gasteiger partial charge in [0.2, 0.25) is 0 Å². The van der Waals surface area contributed by atoms with Crippen LogP contribution in [0.2, 0.25) is 0 Å². The van der Waals surface area contributed by atoms with E-state index in [4.69, 9.17) is 0 Å². The summed E-state index contributed by atoms with van der Waals surface area (Å²) in [5.74, 6) is -0.565. The van der Waals surface area contributed by atoms with Gasteiger partial charge in [-0.2, -0.15) is 5.10 Å². The molecule has 1 rings (SSSR count). The van der Waals surface area contributed by atoms with E-state index in [9.17, 15) is 15.0 Å². The fourth-order valence-electron chi connectivity index (χ4n) is 1.44. The second-order valence-corrected chi connectivity index (χ2v) is 5.18. The summed E-state index contributed by atoms with van der Waals surface area (Å²) in [5.41, 5.74) is 0.270. The predicted octanol–water partition coefficient (Wildman–Crippen LogP) is 0.595. The third-order valence-electron chi connectivity index (χ3n) is 2.60. The Morgan fingerprint density at radius 1 is 1.50 bits per heavy atom. The van der Waals surface area contributed by atoms with Gasteiger partial charge in [-0.25, -0.2) is 0 Å². The normalized spacial score (nSPS) is 15.2. The van der Waals surface area contributed by atoms with Crippen molar-refractivity contribution >= 4 is 5.97 Å². The van der Waals surface area contributed by atoms with Gasteiger partial charge in [0.05, 0.1) is 31.4 Å². The fourth-order valence-corrected chi connectivity index (χ4v) is 1.44. The molecule has 18 heavy (non-hydrogen) atoms. The molecular formula is C12H20N2O4. The van der Waals surface area contributed by atoms with Crippen LogP contribution in [-0.4, -0.2) is 39.2 Å². The number of hydrogen-bond donors (Lipinski definition) is 2. The summed E-state index contributed by atoms with van der Waals surface area (Å²) >= 11 is 0. The summed E-state index contributed by atoms with van der Waals surface area (Å²) in [5, 5.41) is 23.7. The van der Waals surface area contributed by atoms with Crippen LogP contribution in [0.15, 0.2) is 12.4 Å². The van der Waals surface area contributed by atoms with Crippen molar-refractivity contribution in [2.75, 3.05) is 7.11 Å². The molecular weight excluding hydrogens is 236 g/mol. The first-order valence-corrected chi connectivity index (χ1v) is 5.73. The average Bonchev–Trinajstić information content (AvgIpc) is 2.76. The van der Waals surface area contributed by atoms with E-state index in [1.807, 2.05) is 20.8 Å². The van der Waals surface area contributed by atoms with E-state index in [0.717, 1.165) is 0 Å². The van der Waals surface area contributed by atoms with Gasteiger partial charge in [0, 0.05) is 11.8 Å². The molecule has 1 aromatic rings. The lowest BCUT2D eigenvalue weighted by Gasteiger charge is -2.19. The van der Waals surface area contributed by atoms with Crippen LogP contribution in [-0.2, 0) is 15.1 Å². The van der Waals surface area contributed by atoms with E-state index >= 15 is 0 Å². The molecule has 1 aromatic heterocycles. The second kappa shape index (κ2) is 5.49. The molecule has 0 saturated carbocycles. The quantitative estimate of drug-likeness (QED) is 0.770. The smallest absolute Gasteiger partial charge is 0.308 e. The van der Waals surface area contributed by atoms with E-state index in [1.54, 1.807) is 10.9 Å². The van der Waals surface area contributed by atoms with Crippen molar-refractivity contribution in [1.82, 2.24) is 9.78 Å². The number of aliphatic hydroxyl groups is 2. The average molecular weight is 256 g/mol. The second-order valence-electron chi connectivity index (χ2n) is 5.18. The topological polar surface area (TPSA) is 84.6 Å². The molecule has 0 aliphatic carbocycles. The minimum absolute atomic E-state index is 0.203. The van der Waals surface area contributed by atoms with E-state index in [0.29, 0.717) is 5.56 Å². The van der Waals surface area contributed by atoms with E-state index in [-0.39, 0.29) is 12.0 Å². The fraction of sp³-hybridized carbons (Fsp3) is 0.667. The summed E-state index contributed by atoms with van der Waals surface area (Å²) in [6.45, 7) is 5.92. The minimum Gasteiger partial charge on any atom is -0.469 e. The number of aromatic nitrogens is 2. The molecule has 0 amide bonds. The molecule has 0 aromatic carbocycles. The molecule has 102 valence electrons. The third-order valence-corrected chi connectivity index (χ3v) is 2.60. The molecule has 2 atom stereocenters. The van der Waals surface area contributed by atoms with Gasteiger partial charge in [0.15, 0.2) is 0 Å².